The number of esters is 1. The molecule has 11 heteroatoms. The van der Waals surface area contributed by atoms with E-state index in [1.54, 1.807) is 30.3 Å². The number of amides is 4. The monoisotopic (exact) mass is 469 g/mol. The number of anilines is 2. The van der Waals surface area contributed by atoms with Gasteiger partial charge in [-0.15, -0.1) is 0 Å². The van der Waals surface area contributed by atoms with Gasteiger partial charge in [-0.05, 0) is 24.3 Å². The molecular formula is C22H19N3O7S. The lowest BCUT2D eigenvalue weighted by Gasteiger charge is -2.28. The third-order valence-electron chi connectivity index (χ3n) is 5.38. The number of nitrogens with one attached hydrogen (secondary N) is 2. The number of hydrogen-bond donors (Lipinski definition) is 2. The van der Waals surface area contributed by atoms with E-state index in [0.29, 0.717) is 36.1 Å². The highest BCUT2D eigenvalue weighted by Crippen LogP contribution is 2.56. The Morgan fingerprint density at radius 2 is 1.88 bits per heavy atom. The summed E-state index contributed by atoms with van der Waals surface area (Å²) in [7, 11) is 0. The predicted molar refractivity (Wildman–Crippen MR) is 117 cm³/mol. The third-order valence-corrected chi connectivity index (χ3v) is 6.84. The molecule has 0 spiro atoms. The van der Waals surface area contributed by atoms with Gasteiger partial charge in [0, 0.05) is 29.5 Å². The van der Waals surface area contributed by atoms with Crippen LogP contribution in [-0.2, 0) is 19.1 Å². The minimum absolute atomic E-state index is 0.173. The van der Waals surface area contributed by atoms with Crippen molar-refractivity contribution < 1.29 is 33.4 Å². The van der Waals surface area contributed by atoms with Crippen molar-refractivity contribution >= 4 is 47.0 Å². The number of rotatable bonds is 4. The van der Waals surface area contributed by atoms with Crippen LogP contribution in [-0.4, -0.2) is 48.5 Å². The lowest BCUT2D eigenvalue weighted by Crippen LogP contribution is -2.48. The molecule has 1 saturated heterocycles. The first kappa shape index (κ1) is 21.1. The number of hydrogen-bond acceptors (Lipinski definition) is 8. The molecule has 1 atom stereocenters. The summed E-state index contributed by atoms with van der Waals surface area (Å²) in [6, 6.07) is 11.3. The molecule has 3 heterocycles. The molecule has 2 aromatic carbocycles. The second-order valence-electron chi connectivity index (χ2n) is 7.52. The van der Waals surface area contributed by atoms with Crippen LogP contribution in [0.1, 0.15) is 12.8 Å². The van der Waals surface area contributed by atoms with Crippen molar-refractivity contribution in [1.82, 2.24) is 5.32 Å². The largest absolute Gasteiger partial charge is 0.486 e. The van der Waals surface area contributed by atoms with E-state index in [-0.39, 0.29) is 18.7 Å². The zero-order valence-electron chi connectivity index (χ0n) is 17.3. The van der Waals surface area contributed by atoms with Crippen molar-refractivity contribution in [3.8, 4) is 11.5 Å². The van der Waals surface area contributed by atoms with E-state index in [9.17, 15) is 19.2 Å². The minimum atomic E-state index is -1.23. The van der Waals surface area contributed by atoms with Crippen LogP contribution < -0.4 is 25.0 Å². The Balaban J connectivity index is 1.17. The van der Waals surface area contributed by atoms with Gasteiger partial charge in [-0.3, -0.25) is 19.8 Å². The van der Waals surface area contributed by atoms with Gasteiger partial charge in [0.1, 0.15) is 13.2 Å². The highest BCUT2D eigenvalue weighted by molar-refractivity contribution is 8.02. The molecule has 1 fully saturated rings. The van der Waals surface area contributed by atoms with Crippen molar-refractivity contribution in [2.75, 3.05) is 30.0 Å². The summed E-state index contributed by atoms with van der Waals surface area (Å²) in [6.45, 7) is 0.194. The number of urea groups is 1. The molecule has 10 nitrogen and oxygen atoms in total. The molecule has 3 aliphatic heterocycles. The smallest absolute Gasteiger partial charge is 0.344 e. The number of nitrogens with zero attached hydrogens (tertiary/aromatic N) is 1. The van der Waals surface area contributed by atoms with Gasteiger partial charge in [0.05, 0.1) is 5.69 Å². The summed E-state index contributed by atoms with van der Waals surface area (Å²) >= 11 is 1.24. The molecule has 3 aliphatic rings. The maximum Gasteiger partial charge on any atom is 0.344 e. The van der Waals surface area contributed by atoms with E-state index in [1.165, 1.54) is 16.7 Å². The normalized spacial score (nSPS) is 20.0. The molecule has 33 heavy (non-hydrogen) atoms. The van der Waals surface area contributed by atoms with Gasteiger partial charge in [-0.2, -0.15) is 0 Å². The lowest BCUT2D eigenvalue weighted by atomic mass is 10.2. The van der Waals surface area contributed by atoms with Crippen LogP contribution in [0, 0.1) is 0 Å². The number of thioether (sulfide) groups is 1. The van der Waals surface area contributed by atoms with Gasteiger partial charge in [-0.1, -0.05) is 23.9 Å². The number of fused-ring (bicyclic) bond motifs is 4. The Morgan fingerprint density at radius 1 is 1.09 bits per heavy atom. The molecule has 2 N–H and O–H groups in total. The average Bonchev–Trinajstić information content (AvgIpc) is 3.33. The van der Waals surface area contributed by atoms with Gasteiger partial charge in [0.2, 0.25) is 5.91 Å². The molecule has 0 saturated carbocycles. The van der Waals surface area contributed by atoms with Crippen molar-refractivity contribution in [1.29, 1.82) is 0 Å². The Kier molecular flexibility index (Phi) is 5.33. The SMILES string of the molecule is O=C(COC(=O)[C@@]12CCC(=O)N1c1ccccc1S2)NC(=O)Nc1ccc2c(c1)OCCO2. The molecule has 0 unspecified atom stereocenters. The predicted octanol–water partition coefficient (Wildman–Crippen LogP) is 2.28. The molecule has 4 amide bonds. The summed E-state index contributed by atoms with van der Waals surface area (Å²) < 4.78 is 16.1. The number of para-hydroxylation sites is 1. The standard InChI is InChI=1S/C22H19N3O7S/c26-18(24-21(29)23-13-5-6-15-16(11-13)31-10-9-30-15)12-32-20(28)22-8-7-19(27)25(22)14-3-1-2-4-17(14)33-22/h1-6,11H,7-10,12H2,(H2,23,24,26,29)/t22-/m0/s1. The second-order valence-corrected chi connectivity index (χ2v) is 8.84. The van der Waals surface area contributed by atoms with Gasteiger partial charge in [0.25, 0.3) is 5.91 Å². The average molecular weight is 469 g/mol. The zero-order chi connectivity index (χ0) is 23.0. The fourth-order valence-electron chi connectivity index (χ4n) is 3.96. The number of carbonyl (C=O) groups excluding carboxylic acids is 4. The van der Waals surface area contributed by atoms with Crippen molar-refractivity contribution in [3.63, 3.8) is 0 Å². The summed E-state index contributed by atoms with van der Waals surface area (Å²) in [4.78, 5) is 50.7. The first-order valence-corrected chi connectivity index (χ1v) is 11.1. The van der Waals surface area contributed by atoms with Gasteiger partial charge < -0.3 is 19.5 Å². The molecule has 5 rings (SSSR count). The fraction of sp³-hybridized carbons (Fsp3) is 0.273. The Labute approximate surface area is 192 Å². The summed E-state index contributed by atoms with van der Waals surface area (Å²) in [5, 5.41) is 4.63. The molecule has 0 aliphatic carbocycles. The lowest BCUT2D eigenvalue weighted by molar-refractivity contribution is -0.150. The van der Waals surface area contributed by atoms with Crippen LogP contribution >= 0.6 is 11.8 Å². The van der Waals surface area contributed by atoms with E-state index in [2.05, 4.69) is 10.6 Å². The van der Waals surface area contributed by atoms with E-state index >= 15 is 0 Å². The molecule has 170 valence electrons. The summed E-state index contributed by atoms with van der Waals surface area (Å²) in [6.07, 6.45) is 0.483. The van der Waals surface area contributed by atoms with Gasteiger partial charge in [-0.25, -0.2) is 9.59 Å². The van der Waals surface area contributed by atoms with Crippen molar-refractivity contribution in [2.45, 2.75) is 22.6 Å². The van der Waals surface area contributed by atoms with Crippen molar-refractivity contribution in [3.05, 3.63) is 42.5 Å². The minimum Gasteiger partial charge on any atom is -0.486 e. The summed E-state index contributed by atoms with van der Waals surface area (Å²) in [5.41, 5.74) is 1.06. The fourth-order valence-corrected chi connectivity index (χ4v) is 5.37. The zero-order valence-corrected chi connectivity index (χ0v) is 18.1. The van der Waals surface area contributed by atoms with Crippen LogP contribution in [0.5, 0.6) is 11.5 Å². The molecule has 0 radical (unpaired) electrons. The molecule has 0 bridgehead atoms. The van der Waals surface area contributed by atoms with Crippen LogP contribution in [0.3, 0.4) is 0 Å². The highest BCUT2D eigenvalue weighted by atomic mass is 32.2. The number of ether oxygens (including phenoxy) is 3. The Morgan fingerprint density at radius 3 is 2.73 bits per heavy atom. The molecule has 0 aromatic heterocycles. The van der Waals surface area contributed by atoms with Crippen molar-refractivity contribution in [2.24, 2.45) is 0 Å². The quantitative estimate of drug-likeness (QED) is 0.654. The first-order valence-electron chi connectivity index (χ1n) is 10.3. The van der Waals surface area contributed by atoms with Gasteiger partial charge in [0.15, 0.2) is 23.0 Å². The van der Waals surface area contributed by atoms with Crippen LogP contribution in [0.2, 0.25) is 0 Å². The van der Waals surface area contributed by atoms with Crippen LogP contribution in [0.15, 0.2) is 47.4 Å². The third kappa shape index (κ3) is 3.84. The number of benzene rings is 2. The maximum absolute atomic E-state index is 12.9. The van der Waals surface area contributed by atoms with E-state index in [1.807, 2.05) is 12.1 Å². The van der Waals surface area contributed by atoms with E-state index < -0.39 is 29.4 Å². The Hall–Kier alpha value is -3.73. The van der Waals surface area contributed by atoms with Gasteiger partial charge >= 0.3 is 12.0 Å². The van der Waals surface area contributed by atoms with E-state index in [0.717, 1.165) is 4.90 Å². The topological polar surface area (TPSA) is 123 Å². The molecule has 2 aromatic rings. The number of carbonyl (C=O) groups is 4. The molecular weight excluding hydrogens is 450 g/mol. The highest BCUT2D eigenvalue weighted by Gasteiger charge is 2.58. The Bertz CT molecular complexity index is 1170. The van der Waals surface area contributed by atoms with Crippen LogP contribution in [0.25, 0.3) is 0 Å². The second kappa shape index (κ2) is 8.32. The van der Waals surface area contributed by atoms with E-state index in [4.69, 9.17) is 14.2 Å². The van der Waals surface area contributed by atoms with Crippen LogP contribution in [0.4, 0.5) is 16.2 Å². The first-order chi connectivity index (χ1) is 16.0. The maximum atomic E-state index is 12.9. The number of imide groups is 1. The summed E-state index contributed by atoms with van der Waals surface area (Å²) in [5.74, 6) is -0.610.